The summed E-state index contributed by atoms with van der Waals surface area (Å²) in [7, 11) is 0. The minimum atomic E-state index is 0. The van der Waals surface area contributed by atoms with Crippen LogP contribution in [0.15, 0.2) is 0 Å². The molecule has 124 valence electrons. The van der Waals surface area contributed by atoms with Gasteiger partial charge in [-0.05, 0) is 25.7 Å². The Hall–Kier alpha value is 0.714. The third kappa shape index (κ3) is 11.9. The van der Waals surface area contributed by atoms with Gasteiger partial charge >= 0.3 is 16.5 Å². The smallest absolute Gasteiger partial charge is 0.412 e. The van der Waals surface area contributed by atoms with Crippen molar-refractivity contribution in [1.29, 1.82) is 0 Å². The van der Waals surface area contributed by atoms with Crippen molar-refractivity contribution in [2.75, 3.05) is 0 Å². The summed E-state index contributed by atoms with van der Waals surface area (Å²) in [6.45, 7) is 0. The zero-order chi connectivity index (χ0) is 14.8. The van der Waals surface area contributed by atoms with Gasteiger partial charge in [-0.3, -0.25) is 0 Å². The Balaban J connectivity index is 0.000000364. The summed E-state index contributed by atoms with van der Waals surface area (Å²) in [5.74, 6) is 0. The molecule has 21 heavy (non-hydrogen) atoms. The maximum absolute atomic E-state index is 4.78. The van der Waals surface area contributed by atoms with Gasteiger partial charge in [0.15, 0.2) is 0 Å². The summed E-state index contributed by atoms with van der Waals surface area (Å²) in [6, 6.07) is 1.16. The average Bonchev–Trinajstić information content (AvgIpc) is 2.40. The first-order chi connectivity index (χ1) is 9.58. The van der Waals surface area contributed by atoms with E-state index in [1.807, 2.05) is 0 Å². The van der Waals surface area contributed by atoms with E-state index < -0.39 is 0 Å². The van der Waals surface area contributed by atoms with Crippen molar-refractivity contribution in [1.82, 2.24) is 10.6 Å². The molecular weight excluding hydrogens is 383 g/mol. The molecule has 2 nitrogen and oxygen atoms in total. The Labute approximate surface area is 161 Å². The SMILES string of the molecule is S=C([S-])NC1CCCCC1.S=C([S-])NC1CCCCC1.[Ni+2]. The van der Waals surface area contributed by atoms with Crippen LogP contribution >= 0.6 is 24.4 Å². The van der Waals surface area contributed by atoms with Gasteiger partial charge in [-0.2, -0.15) is 0 Å². The molecule has 2 saturated carbocycles. The molecule has 0 aromatic rings. The summed E-state index contributed by atoms with van der Waals surface area (Å²) in [4.78, 5) is 0. The molecule has 0 atom stereocenters. The van der Waals surface area contributed by atoms with Gasteiger partial charge in [0, 0.05) is 12.1 Å². The molecule has 0 radical (unpaired) electrons. The Morgan fingerprint density at radius 3 is 1.19 bits per heavy atom. The molecule has 0 spiro atoms. The predicted molar refractivity (Wildman–Crippen MR) is 99.9 cm³/mol. The van der Waals surface area contributed by atoms with E-state index in [1.54, 1.807) is 0 Å². The van der Waals surface area contributed by atoms with E-state index in [9.17, 15) is 0 Å². The molecule has 0 aromatic heterocycles. The van der Waals surface area contributed by atoms with Crippen molar-refractivity contribution in [3.63, 3.8) is 0 Å². The summed E-state index contributed by atoms with van der Waals surface area (Å²) in [6.07, 6.45) is 13.1. The molecule has 2 aliphatic rings. The molecule has 0 aliphatic heterocycles. The molecule has 0 bridgehead atoms. The Morgan fingerprint density at radius 2 is 0.952 bits per heavy atom. The van der Waals surface area contributed by atoms with Crippen LogP contribution in [-0.4, -0.2) is 20.7 Å². The van der Waals surface area contributed by atoms with E-state index >= 15 is 0 Å². The van der Waals surface area contributed by atoms with Crippen LogP contribution in [0.25, 0.3) is 0 Å². The quantitative estimate of drug-likeness (QED) is 0.413. The van der Waals surface area contributed by atoms with Crippen LogP contribution in [0.4, 0.5) is 0 Å². The van der Waals surface area contributed by atoms with Crippen molar-refractivity contribution in [3.05, 3.63) is 0 Å². The number of hydrogen-bond donors (Lipinski definition) is 2. The summed E-state index contributed by atoms with van der Waals surface area (Å²) < 4.78 is 1.07. The van der Waals surface area contributed by atoms with Crippen LogP contribution < -0.4 is 10.6 Å². The van der Waals surface area contributed by atoms with Gasteiger partial charge in [-0.25, -0.2) is 0 Å². The van der Waals surface area contributed by atoms with Gasteiger partial charge in [-0.1, -0.05) is 47.2 Å². The average molecular weight is 407 g/mol. The molecular formula is C14H24N2NiS4. The van der Waals surface area contributed by atoms with Gasteiger partial charge in [-0.15, -0.1) is 0 Å². The molecule has 2 aliphatic carbocycles. The molecule has 2 fully saturated rings. The van der Waals surface area contributed by atoms with Crippen molar-refractivity contribution in [2.24, 2.45) is 0 Å². The van der Waals surface area contributed by atoms with Crippen LogP contribution in [0.2, 0.25) is 0 Å². The van der Waals surface area contributed by atoms with Gasteiger partial charge in [0.2, 0.25) is 0 Å². The standard InChI is InChI=1S/2C7H13NS2.Ni/c2*9-7(10)8-6-4-2-1-3-5-6;/h2*6H,1-5H2,(H2,8,9,10);/q;;+2/p-2. The fourth-order valence-electron chi connectivity index (χ4n) is 2.83. The van der Waals surface area contributed by atoms with E-state index in [0.29, 0.717) is 20.7 Å². The minimum Gasteiger partial charge on any atom is -0.412 e. The number of thiocarbonyl (C=S) groups is 2. The maximum Gasteiger partial charge on any atom is 2.00 e. The van der Waals surface area contributed by atoms with Crippen molar-refractivity contribution >= 4 is 58.3 Å². The number of nitrogens with one attached hydrogen (secondary N) is 2. The molecule has 2 N–H and O–H groups in total. The number of rotatable bonds is 2. The zero-order valence-electron chi connectivity index (χ0n) is 12.2. The van der Waals surface area contributed by atoms with Crippen LogP contribution in [-0.2, 0) is 41.7 Å². The largest absolute Gasteiger partial charge is 2.00 e. The summed E-state index contributed by atoms with van der Waals surface area (Å²) in [5.41, 5.74) is 0. The monoisotopic (exact) mass is 406 g/mol. The van der Waals surface area contributed by atoms with Crippen LogP contribution in [0, 0.1) is 0 Å². The van der Waals surface area contributed by atoms with E-state index in [2.05, 4.69) is 10.6 Å². The molecule has 7 heteroatoms. The minimum absolute atomic E-state index is 0. The fourth-order valence-corrected chi connectivity index (χ4v) is 3.49. The zero-order valence-corrected chi connectivity index (χ0v) is 16.4. The van der Waals surface area contributed by atoms with Crippen molar-refractivity contribution < 1.29 is 16.5 Å². The number of hydrogen-bond acceptors (Lipinski definition) is 4. The summed E-state index contributed by atoms with van der Waals surface area (Å²) in [5, 5.41) is 6.26. The second-order valence-electron chi connectivity index (χ2n) is 5.53. The van der Waals surface area contributed by atoms with Crippen molar-refractivity contribution in [2.45, 2.75) is 76.3 Å². The first-order valence-electron chi connectivity index (χ1n) is 7.53. The second kappa shape index (κ2) is 13.2. The van der Waals surface area contributed by atoms with Gasteiger partial charge in [0.25, 0.3) is 0 Å². The molecule has 2 rings (SSSR count). The first-order valence-corrected chi connectivity index (χ1v) is 9.16. The normalized spacial score (nSPS) is 19.4. The third-order valence-electron chi connectivity index (χ3n) is 3.85. The van der Waals surface area contributed by atoms with E-state index in [1.165, 1.54) is 64.2 Å². The molecule has 0 aromatic carbocycles. The van der Waals surface area contributed by atoms with E-state index in [0.717, 1.165) is 0 Å². The molecule has 0 heterocycles. The van der Waals surface area contributed by atoms with Crippen LogP contribution in [0.3, 0.4) is 0 Å². The van der Waals surface area contributed by atoms with Crippen LogP contribution in [0.1, 0.15) is 64.2 Å². The van der Waals surface area contributed by atoms with Crippen LogP contribution in [0.5, 0.6) is 0 Å². The van der Waals surface area contributed by atoms with Gasteiger partial charge < -0.3 is 60.3 Å². The third-order valence-corrected chi connectivity index (χ3v) is 4.33. The van der Waals surface area contributed by atoms with Gasteiger partial charge in [0.05, 0.1) is 0 Å². The molecule has 0 amide bonds. The summed E-state index contributed by atoms with van der Waals surface area (Å²) >= 11 is 19.1. The van der Waals surface area contributed by atoms with E-state index in [4.69, 9.17) is 49.7 Å². The Morgan fingerprint density at radius 1 is 0.667 bits per heavy atom. The van der Waals surface area contributed by atoms with Gasteiger partial charge in [0.1, 0.15) is 0 Å². The maximum atomic E-state index is 4.78. The van der Waals surface area contributed by atoms with Crippen molar-refractivity contribution in [3.8, 4) is 0 Å². The molecule has 0 saturated heterocycles. The topological polar surface area (TPSA) is 24.1 Å². The molecule has 0 unspecified atom stereocenters. The second-order valence-corrected chi connectivity index (χ2v) is 7.68. The fraction of sp³-hybridized carbons (Fsp3) is 0.857. The Kier molecular flexibility index (Phi) is 13.6. The first kappa shape index (κ1) is 21.7. The Bertz CT molecular complexity index is 273. The predicted octanol–water partition coefficient (Wildman–Crippen LogP) is 3.48. The van der Waals surface area contributed by atoms with E-state index in [-0.39, 0.29) is 16.5 Å².